The topological polar surface area (TPSA) is 98.1 Å². The number of nitrogens with zero attached hydrogens (tertiary/aromatic N) is 3. The average Bonchev–Trinajstić information content (AvgIpc) is 3.15. The number of amides is 2. The molecule has 9 heteroatoms. The van der Waals surface area contributed by atoms with Crippen LogP contribution in [0.3, 0.4) is 0 Å². The van der Waals surface area contributed by atoms with E-state index in [1.165, 1.54) is 11.8 Å². The molecular weight excluding hydrogens is 414 g/mol. The van der Waals surface area contributed by atoms with Gasteiger partial charge in [-0.1, -0.05) is 36.0 Å². The molecule has 8 nitrogen and oxygen atoms in total. The first kappa shape index (κ1) is 22.4. The molecule has 0 atom stereocenters. The number of carbonyl (C=O) groups excluding carboxylic acids is 2. The van der Waals surface area contributed by atoms with E-state index >= 15 is 0 Å². The van der Waals surface area contributed by atoms with Gasteiger partial charge in [0, 0.05) is 24.0 Å². The van der Waals surface area contributed by atoms with Crippen LogP contribution in [0, 0.1) is 6.92 Å². The molecule has 0 bridgehead atoms. The van der Waals surface area contributed by atoms with Crippen LogP contribution in [-0.4, -0.2) is 39.4 Å². The summed E-state index contributed by atoms with van der Waals surface area (Å²) in [6.07, 6.45) is 0.0774. The highest BCUT2D eigenvalue weighted by atomic mass is 32.2. The SMILES string of the molecule is CCn1c(CC(=O)Nc2cccc(OC)c2)nnc1SCC(=O)Nc1ccccc1C. The summed E-state index contributed by atoms with van der Waals surface area (Å²) in [6, 6.07) is 14.8. The van der Waals surface area contributed by atoms with E-state index in [-0.39, 0.29) is 24.0 Å². The van der Waals surface area contributed by atoms with Gasteiger partial charge in [0.2, 0.25) is 11.8 Å². The van der Waals surface area contributed by atoms with Crippen molar-refractivity contribution in [2.24, 2.45) is 0 Å². The van der Waals surface area contributed by atoms with E-state index in [0.29, 0.717) is 29.0 Å². The van der Waals surface area contributed by atoms with Crippen LogP contribution < -0.4 is 15.4 Å². The normalized spacial score (nSPS) is 10.5. The Morgan fingerprint density at radius 1 is 1.06 bits per heavy atom. The van der Waals surface area contributed by atoms with E-state index in [1.54, 1.807) is 25.3 Å². The van der Waals surface area contributed by atoms with Crippen molar-refractivity contribution in [3.63, 3.8) is 0 Å². The zero-order valence-electron chi connectivity index (χ0n) is 17.7. The molecular formula is C22H25N5O3S. The summed E-state index contributed by atoms with van der Waals surface area (Å²) < 4.78 is 7.02. The fourth-order valence-electron chi connectivity index (χ4n) is 2.95. The third kappa shape index (κ3) is 6.08. The number of benzene rings is 2. The van der Waals surface area contributed by atoms with Crippen molar-refractivity contribution in [2.45, 2.75) is 32.0 Å². The predicted octanol–water partition coefficient (Wildman–Crippen LogP) is 3.53. The second-order valence-corrected chi connectivity index (χ2v) is 7.69. The molecule has 0 spiro atoms. The highest BCUT2D eigenvalue weighted by Gasteiger charge is 2.16. The van der Waals surface area contributed by atoms with Crippen molar-refractivity contribution in [2.75, 3.05) is 23.5 Å². The number of para-hydroxylation sites is 1. The van der Waals surface area contributed by atoms with Gasteiger partial charge < -0.3 is 19.9 Å². The molecule has 0 aliphatic carbocycles. The summed E-state index contributed by atoms with van der Waals surface area (Å²) in [7, 11) is 1.57. The minimum Gasteiger partial charge on any atom is -0.497 e. The zero-order chi connectivity index (χ0) is 22.2. The van der Waals surface area contributed by atoms with E-state index in [0.717, 1.165) is 11.3 Å². The van der Waals surface area contributed by atoms with Gasteiger partial charge in [0.05, 0.1) is 19.3 Å². The minimum atomic E-state index is -0.204. The number of ether oxygens (including phenoxy) is 1. The van der Waals surface area contributed by atoms with Crippen molar-refractivity contribution < 1.29 is 14.3 Å². The number of rotatable bonds is 9. The largest absolute Gasteiger partial charge is 0.497 e. The molecule has 31 heavy (non-hydrogen) atoms. The lowest BCUT2D eigenvalue weighted by Gasteiger charge is -2.09. The third-order valence-corrected chi connectivity index (χ3v) is 5.50. The summed E-state index contributed by atoms with van der Waals surface area (Å²) in [5.74, 6) is 1.08. The van der Waals surface area contributed by atoms with Crippen LogP contribution in [0.5, 0.6) is 5.75 Å². The van der Waals surface area contributed by atoms with Gasteiger partial charge in [-0.2, -0.15) is 0 Å². The first-order valence-electron chi connectivity index (χ1n) is 9.84. The molecule has 2 aromatic carbocycles. The first-order chi connectivity index (χ1) is 15.0. The van der Waals surface area contributed by atoms with E-state index in [1.807, 2.05) is 48.7 Å². The number of aromatic nitrogens is 3. The van der Waals surface area contributed by atoms with Crippen LogP contribution in [0.15, 0.2) is 53.7 Å². The quantitative estimate of drug-likeness (QED) is 0.495. The van der Waals surface area contributed by atoms with Crippen LogP contribution in [-0.2, 0) is 22.6 Å². The fourth-order valence-corrected chi connectivity index (χ4v) is 3.77. The maximum Gasteiger partial charge on any atom is 0.234 e. The van der Waals surface area contributed by atoms with Crippen molar-refractivity contribution >= 4 is 35.0 Å². The van der Waals surface area contributed by atoms with Crippen molar-refractivity contribution in [1.29, 1.82) is 0 Å². The molecule has 3 aromatic rings. The van der Waals surface area contributed by atoms with Gasteiger partial charge in [-0.25, -0.2) is 0 Å². The number of thioether (sulfide) groups is 1. The molecule has 3 rings (SSSR count). The maximum absolute atomic E-state index is 12.5. The van der Waals surface area contributed by atoms with Gasteiger partial charge >= 0.3 is 0 Å². The van der Waals surface area contributed by atoms with E-state index < -0.39 is 0 Å². The molecule has 2 N–H and O–H groups in total. The second kappa shape index (κ2) is 10.6. The number of hydrogen-bond acceptors (Lipinski definition) is 6. The Balaban J connectivity index is 1.59. The van der Waals surface area contributed by atoms with Gasteiger partial charge in [-0.3, -0.25) is 9.59 Å². The standard InChI is InChI=1S/C22H25N5O3S/c1-4-27-19(13-20(28)23-16-9-7-10-17(12-16)30-3)25-26-22(27)31-14-21(29)24-18-11-6-5-8-15(18)2/h5-12H,4,13-14H2,1-3H3,(H,23,28)(H,24,29). The van der Waals surface area contributed by atoms with E-state index in [4.69, 9.17) is 4.74 Å². The average molecular weight is 440 g/mol. The number of nitrogens with one attached hydrogen (secondary N) is 2. The summed E-state index contributed by atoms with van der Waals surface area (Å²) in [4.78, 5) is 24.8. The fraction of sp³-hybridized carbons (Fsp3) is 0.273. The van der Waals surface area contributed by atoms with Gasteiger partial charge in [-0.05, 0) is 37.6 Å². The number of methoxy groups -OCH3 is 1. The lowest BCUT2D eigenvalue weighted by molar-refractivity contribution is -0.116. The van der Waals surface area contributed by atoms with Gasteiger partial charge in [0.15, 0.2) is 5.16 Å². The van der Waals surface area contributed by atoms with E-state index in [9.17, 15) is 9.59 Å². The first-order valence-corrected chi connectivity index (χ1v) is 10.8. The Hall–Kier alpha value is -3.33. The molecule has 0 aliphatic heterocycles. The van der Waals surface area contributed by atoms with Crippen LogP contribution in [0.2, 0.25) is 0 Å². The van der Waals surface area contributed by atoms with Crippen LogP contribution in [0.4, 0.5) is 11.4 Å². The summed E-state index contributed by atoms with van der Waals surface area (Å²) in [5, 5.41) is 14.7. The molecule has 0 fully saturated rings. The van der Waals surface area contributed by atoms with Gasteiger partial charge in [0.1, 0.15) is 11.6 Å². The zero-order valence-corrected chi connectivity index (χ0v) is 18.5. The number of aryl methyl sites for hydroxylation is 1. The molecule has 1 heterocycles. The highest BCUT2D eigenvalue weighted by Crippen LogP contribution is 2.20. The van der Waals surface area contributed by atoms with Crippen molar-refractivity contribution in [3.05, 3.63) is 59.9 Å². The van der Waals surface area contributed by atoms with Crippen molar-refractivity contribution in [1.82, 2.24) is 14.8 Å². The Morgan fingerprint density at radius 2 is 1.87 bits per heavy atom. The molecule has 162 valence electrons. The smallest absolute Gasteiger partial charge is 0.234 e. The summed E-state index contributed by atoms with van der Waals surface area (Å²) in [6.45, 7) is 4.49. The Morgan fingerprint density at radius 3 is 2.61 bits per heavy atom. The van der Waals surface area contributed by atoms with Crippen molar-refractivity contribution in [3.8, 4) is 5.75 Å². The molecule has 0 saturated carbocycles. The van der Waals surface area contributed by atoms with Crippen LogP contribution in [0.25, 0.3) is 0 Å². The molecule has 0 unspecified atom stereocenters. The number of carbonyl (C=O) groups is 2. The number of anilines is 2. The van der Waals surface area contributed by atoms with Crippen LogP contribution >= 0.6 is 11.8 Å². The second-order valence-electron chi connectivity index (χ2n) is 6.75. The Kier molecular flexibility index (Phi) is 7.66. The lowest BCUT2D eigenvalue weighted by atomic mass is 10.2. The molecule has 0 saturated heterocycles. The van der Waals surface area contributed by atoms with E-state index in [2.05, 4.69) is 20.8 Å². The minimum absolute atomic E-state index is 0.0774. The summed E-state index contributed by atoms with van der Waals surface area (Å²) in [5.41, 5.74) is 2.44. The van der Waals surface area contributed by atoms with Gasteiger partial charge in [-0.15, -0.1) is 10.2 Å². The highest BCUT2D eigenvalue weighted by molar-refractivity contribution is 7.99. The monoisotopic (exact) mass is 439 g/mol. The molecule has 0 radical (unpaired) electrons. The van der Waals surface area contributed by atoms with Gasteiger partial charge in [0.25, 0.3) is 0 Å². The molecule has 1 aromatic heterocycles. The number of hydrogen-bond donors (Lipinski definition) is 2. The Bertz CT molecular complexity index is 1070. The lowest BCUT2D eigenvalue weighted by Crippen LogP contribution is -2.18. The maximum atomic E-state index is 12.5. The molecule has 0 aliphatic rings. The third-order valence-electron chi connectivity index (χ3n) is 4.53. The van der Waals surface area contributed by atoms with Crippen LogP contribution in [0.1, 0.15) is 18.3 Å². The predicted molar refractivity (Wildman–Crippen MR) is 122 cm³/mol. The summed E-state index contributed by atoms with van der Waals surface area (Å²) >= 11 is 1.29. The Labute approximate surface area is 185 Å². The molecule has 2 amide bonds.